The zero-order valence-corrected chi connectivity index (χ0v) is 20.8. The van der Waals surface area contributed by atoms with Crippen LogP contribution in [-0.4, -0.2) is 0 Å². The van der Waals surface area contributed by atoms with Crippen LogP contribution in [0.15, 0.2) is 12.2 Å². The van der Waals surface area contributed by atoms with Gasteiger partial charge in [-0.05, 0) is 19.3 Å². The molecule has 0 radical (unpaired) electrons. The molecule has 0 amide bonds. The van der Waals surface area contributed by atoms with Crippen molar-refractivity contribution >= 4 is 0 Å². The van der Waals surface area contributed by atoms with Gasteiger partial charge in [-0.1, -0.05) is 167 Å². The molecule has 0 aromatic carbocycles. The minimum Gasteiger partial charge on any atom is -0.0888 e. The van der Waals surface area contributed by atoms with Gasteiger partial charge in [-0.15, -0.1) is 0 Å². The summed E-state index contributed by atoms with van der Waals surface area (Å²) in [4.78, 5) is 0. The van der Waals surface area contributed by atoms with Crippen molar-refractivity contribution in [3.05, 3.63) is 12.2 Å². The maximum Gasteiger partial charge on any atom is -0.0351 e. The average molecular weight is 407 g/mol. The molecule has 0 fully saturated rings. The topological polar surface area (TPSA) is 0 Å². The summed E-state index contributed by atoms with van der Waals surface area (Å²) in [7, 11) is 0. The molecule has 29 heavy (non-hydrogen) atoms. The van der Waals surface area contributed by atoms with Gasteiger partial charge in [0.1, 0.15) is 0 Å². The molecule has 0 aliphatic heterocycles. The van der Waals surface area contributed by atoms with E-state index < -0.39 is 0 Å². The molecule has 0 spiro atoms. The maximum absolute atomic E-state index is 2.36. The van der Waals surface area contributed by atoms with Crippen LogP contribution in [0.3, 0.4) is 0 Å². The van der Waals surface area contributed by atoms with E-state index in [0.29, 0.717) is 0 Å². The molecule has 0 bridgehead atoms. The zero-order chi connectivity index (χ0) is 21.1. The average Bonchev–Trinajstić information content (AvgIpc) is 2.74. The first-order chi connectivity index (χ1) is 14.4. The van der Waals surface area contributed by atoms with Crippen LogP contribution in [0.5, 0.6) is 0 Å². The fourth-order valence-corrected chi connectivity index (χ4v) is 4.33. The van der Waals surface area contributed by atoms with Crippen LogP contribution >= 0.6 is 0 Å². The molecule has 0 aliphatic carbocycles. The Hall–Kier alpha value is -0.260. The van der Waals surface area contributed by atoms with Crippen LogP contribution in [0.1, 0.15) is 174 Å². The van der Waals surface area contributed by atoms with Gasteiger partial charge in [-0.25, -0.2) is 0 Å². The number of hydrogen-bond acceptors (Lipinski definition) is 0. The first-order valence-corrected chi connectivity index (χ1v) is 14.1. The van der Waals surface area contributed by atoms with Crippen LogP contribution < -0.4 is 0 Å². The highest BCUT2D eigenvalue weighted by atomic mass is 14.0. The quantitative estimate of drug-likeness (QED) is 0.104. The summed E-state index contributed by atoms with van der Waals surface area (Å²) in [6.45, 7) is 4.52. The largest absolute Gasteiger partial charge is 0.0888 e. The summed E-state index contributed by atoms with van der Waals surface area (Å²) in [6, 6.07) is 0. The van der Waals surface area contributed by atoms with E-state index in [9.17, 15) is 0 Å². The van der Waals surface area contributed by atoms with E-state index in [-0.39, 0.29) is 0 Å². The van der Waals surface area contributed by atoms with Crippen LogP contribution in [0, 0.1) is 0 Å². The second-order valence-corrected chi connectivity index (χ2v) is 9.45. The van der Waals surface area contributed by atoms with Crippen molar-refractivity contribution < 1.29 is 0 Å². The summed E-state index contributed by atoms with van der Waals surface area (Å²) >= 11 is 0. The fourth-order valence-electron chi connectivity index (χ4n) is 4.33. The lowest BCUT2D eigenvalue weighted by Crippen LogP contribution is -1.84. The smallest absolute Gasteiger partial charge is 0.0351 e. The van der Waals surface area contributed by atoms with Crippen LogP contribution in [0.25, 0.3) is 0 Å². The zero-order valence-electron chi connectivity index (χ0n) is 20.8. The summed E-state index contributed by atoms with van der Waals surface area (Å²) in [5, 5.41) is 0. The van der Waals surface area contributed by atoms with Gasteiger partial charge in [0.15, 0.2) is 0 Å². The monoisotopic (exact) mass is 406 g/mol. The highest BCUT2D eigenvalue weighted by Crippen LogP contribution is 2.15. The molecule has 0 nitrogen and oxygen atoms in total. The predicted molar refractivity (Wildman–Crippen MR) is 136 cm³/mol. The van der Waals surface area contributed by atoms with E-state index in [2.05, 4.69) is 26.0 Å². The van der Waals surface area contributed by atoms with E-state index in [0.717, 1.165) is 0 Å². The number of rotatable bonds is 25. The minimum atomic E-state index is 1.19. The molecule has 0 unspecified atom stereocenters. The second kappa shape index (κ2) is 27.7. The van der Waals surface area contributed by atoms with Gasteiger partial charge in [0.2, 0.25) is 0 Å². The molecule has 0 atom stereocenters. The Labute approximate surface area is 186 Å². The van der Waals surface area contributed by atoms with Crippen LogP contribution in [0.4, 0.5) is 0 Å². The standard InChI is InChI=1S/C29H58/c1-3-5-7-9-11-13-15-17-19-21-23-25-27-29-28-26-24-22-20-18-16-14-12-10-8-6-4-2/h5,7H,3-4,6,8-29H2,1-2H3. The third-order valence-electron chi connectivity index (χ3n) is 6.38. The third-order valence-corrected chi connectivity index (χ3v) is 6.38. The fraction of sp³-hybridized carbons (Fsp3) is 0.931. The Kier molecular flexibility index (Phi) is 27.5. The van der Waals surface area contributed by atoms with Crippen LogP contribution in [0.2, 0.25) is 0 Å². The maximum atomic E-state index is 2.36. The van der Waals surface area contributed by atoms with E-state index >= 15 is 0 Å². The van der Waals surface area contributed by atoms with E-state index in [1.165, 1.54) is 161 Å². The highest BCUT2D eigenvalue weighted by Gasteiger charge is 1.95. The molecule has 0 aromatic rings. The Morgan fingerprint density at radius 1 is 0.310 bits per heavy atom. The van der Waals surface area contributed by atoms with Crippen molar-refractivity contribution in [1.29, 1.82) is 0 Å². The Morgan fingerprint density at radius 3 is 0.862 bits per heavy atom. The minimum absolute atomic E-state index is 1.19. The van der Waals surface area contributed by atoms with Gasteiger partial charge in [0, 0.05) is 0 Å². The normalized spacial score (nSPS) is 11.7. The summed E-state index contributed by atoms with van der Waals surface area (Å²) < 4.78 is 0. The van der Waals surface area contributed by atoms with E-state index in [1.54, 1.807) is 0 Å². The molecule has 0 rings (SSSR count). The molecular weight excluding hydrogens is 348 g/mol. The highest BCUT2D eigenvalue weighted by molar-refractivity contribution is 4.79. The molecule has 0 heterocycles. The lowest BCUT2D eigenvalue weighted by Gasteiger charge is -2.04. The summed E-state index contributed by atoms with van der Waals surface area (Å²) in [6.07, 6.45) is 41.0. The number of allylic oxidation sites excluding steroid dienone is 2. The molecule has 174 valence electrons. The summed E-state index contributed by atoms with van der Waals surface area (Å²) in [5.74, 6) is 0. The van der Waals surface area contributed by atoms with Crippen molar-refractivity contribution in [3.63, 3.8) is 0 Å². The molecule has 0 aromatic heterocycles. The Morgan fingerprint density at radius 2 is 0.586 bits per heavy atom. The van der Waals surface area contributed by atoms with E-state index in [1.807, 2.05) is 0 Å². The molecule has 0 aliphatic rings. The molecule has 0 heteroatoms. The van der Waals surface area contributed by atoms with Gasteiger partial charge in [-0.2, -0.15) is 0 Å². The van der Waals surface area contributed by atoms with Gasteiger partial charge in [-0.3, -0.25) is 0 Å². The Balaban J connectivity index is 2.99. The van der Waals surface area contributed by atoms with Crippen molar-refractivity contribution in [2.75, 3.05) is 0 Å². The Bertz CT molecular complexity index is 290. The molecule has 0 N–H and O–H groups in total. The molecule has 0 saturated heterocycles. The van der Waals surface area contributed by atoms with Gasteiger partial charge < -0.3 is 0 Å². The van der Waals surface area contributed by atoms with Crippen molar-refractivity contribution in [3.8, 4) is 0 Å². The SMILES string of the molecule is CCC=CCCCCCCCCCCCCCCCCCCCCCCCCC. The lowest BCUT2D eigenvalue weighted by molar-refractivity contribution is 0.518. The lowest BCUT2D eigenvalue weighted by atomic mass is 10.0. The van der Waals surface area contributed by atoms with Crippen molar-refractivity contribution in [2.45, 2.75) is 174 Å². The number of unbranched alkanes of at least 4 members (excludes halogenated alkanes) is 23. The second-order valence-electron chi connectivity index (χ2n) is 9.45. The number of hydrogen-bond donors (Lipinski definition) is 0. The van der Waals surface area contributed by atoms with E-state index in [4.69, 9.17) is 0 Å². The third kappa shape index (κ3) is 27.7. The van der Waals surface area contributed by atoms with Crippen molar-refractivity contribution in [1.82, 2.24) is 0 Å². The van der Waals surface area contributed by atoms with Crippen molar-refractivity contribution in [2.24, 2.45) is 0 Å². The van der Waals surface area contributed by atoms with Gasteiger partial charge in [0.25, 0.3) is 0 Å². The van der Waals surface area contributed by atoms with Gasteiger partial charge in [0.05, 0.1) is 0 Å². The molecule has 0 saturated carbocycles. The first kappa shape index (κ1) is 28.7. The van der Waals surface area contributed by atoms with Crippen LogP contribution in [-0.2, 0) is 0 Å². The first-order valence-electron chi connectivity index (χ1n) is 14.1. The molecular formula is C29H58. The predicted octanol–water partition coefficient (Wildman–Crippen LogP) is 11.3. The summed E-state index contributed by atoms with van der Waals surface area (Å²) in [5.41, 5.74) is 0. The van der Waals surface area contributed by atoms with Gasteiger partial charge >= 0.3 is 0 Å².